The van der Waals surface area contributed by atoms with E-state index >= 15 is 0 Å². The molecule has 0 aliphatic heterocycles. The summed E-state index contributed by atoms with van der Waals surface area (Å²) in [6.07, 6.45) is 5.55. The van der Waals surface area contributed by atoms with Gasteiger partial charge in [-0.1, -0.05) is 68.5 Å². The van der Waals surface area contributed by atoms with Crippen LogP contribution in [0.1, 0.15) is 43.9 Å². The van der Waals surface area contributed by atoms with Crippen LogP contribution in [0.25, 0.3) is 28.6 Å². The maximum absolute atomic E-state index is 5.65. The molecule has 0 spiro atoms. The molecule has 0 radical (unpaired) electrons. The molecule has 4 aromatic rings. The summed E-state index contributed by atoms with van der Waals surface area (Å²) in [7, 11) is 3.22. The Bertz CT molecular complexity index is 1220. The molecule has 9 nitrogen and oxygen atoms in total. The van der Waals surface area contributed by atoms with E-state index in [1.165, 1.54) is 0 Å². The number of rotatable bonds is 10. The fourth-order valence-corrected chi connectivity index (χ4v) is 3.87. The first-order chi connectivity index (χ1) is 16.6. The molecule has 1 N–H and O–H groups in total. The Kier molecular flexibility index (Phi) is 7.24. The molecule has 2 heterocycles. The van der Waals surface area contributed by atoms with Crippen molar-refractivity contribution >= 4 is 6.08 Å². The topological polar surface area (TPSA) is 104 Å². The summed E-state index contributed by atoms with van der Waals surface area (Å²) in [6.45, 7) is 4.64. The molecule has 0 unspecified atom stereocenters. The Hall–Kier alpha value is -3.69. The monoisotopic (exact) mass is 459 g/mol. The van der Waals surface area contributed by atoms with Crippen LogP contribution in [0.15, 0.2) is 54.6 Å². The van der Waals surface area contributed by atoms with Crippen molar-refractivity contribution in [2.45, 2.75) is 39.0 Å². The summed E-state index contributed by atoms with van der Waals surface area (Å²) in [4.78, 5) is 4.73. The van der Waals surface area contributed by atoms with Crippen LogP contribution in [0.2, 0.25) is 0 Å². The molecule has 9 heteroatoms. The van der Waals surface area contributed by atoms with Crippen LogP contribution in [-0.2, 0) is 21.8 Å². The van der Waals surface area contributed by atoms with E-state index in [9.17, 15) is 0 Å². The van der Waals surface area contributed by atoms with Crippen molar-refractivity contribution in [1.82, 2.24) is 35.4 Å². The zero-order valence-electron chi connectivity index (χ0n) is 19.9. The molecule has 0 saturated heterocycles. The van der Waals surface area contributed by atoms with Gasteiger partial charge in [-0.15, -0.1) is 10.2 Å². The average Bonchev–Trinajstić information content (AvgIpc) is 3.56. The van der Waals surface area contributed by atoms with E-state index in [2.05, 4.69) is 64.0 Å². The average molecular weight is 460 g/mol. The summed E-state index contributed by atoms with van der Waals surface area (Å²) in [5, 5.41) is 19.1. The molecule has 0 bridgehead atoms. The molecule has 0 amide bonds. The van der Waals surface area contributed by atoms with E-state index in [0.29, 0.717) is 24.6 Å². The number of hydrogen-bond acceptors (Lipinski definition) is 7. The summed E-state index contributed by atoms with van der Waals surface area (Å²) in [5.41, 5.74) is 4.17. The van der Waals surface area contributed by atoms with E-state index in [4.69, 9.17) is 19.6 Å². The molecule has 0 fully saturated rings. The lowest BCUT2D eigenvalue weighted by atomic mass is 9.98. The van der Waals surface area contributed by atoms with Crippen molar-refractivity contribution in [3.8, 4) is 22.5 Å². The lowest BCUT2D eigenvalue weighted by Gasteiger charge is -2.26. The number of nitrogens with one attached hydrogen (secondary N) is 1. The number of tetrazole rings is 1. The second-order valence-electron chi connectivity index (χ2n) is 7.77. The van der Waals surface area contributed by atoms with Crippen LogP contribution in [0.5, 0.6) is 0 Å². The number of nitrogens with zero attached hydrogens (tertiary/aromatic N) is 6. The number of benzene rings is 2. The molecule has 0 atom stereocenters. The van der Waals surface area contributed by atoms with Gasteiger partial charge in [-0.2, -0.15) is 0 Å². The SMILES string of the molecule is CCC=Cc1nc(C(CC)(OC)OC)nn1Cc1ccc(-c2ccccc2-c2nnn[nH]2)cc1. The summed E-state index contributed by atoms with van der Waals surface area (Å²) in [6, 6.07) is 16.4. The predicted octanol–water partition coefficient (Wildman–Crippen LogP) is 4.45. The number of allylic oxidation sites excluding steroid dienone is 1. The Morgan fingerprint density at radius 1 is 1.00 bits per heavy atom. The maximum Gasteiger partial charge on any atom is 0.231 e. The lowest BCUT2D eigenvalue weighted by molar-refractivity contribution is -0.222. The number of ether oxygens (including phenoxy) is 2. The summed E-state index contributed by atoms with van der Waals surface area (Å²) in [5.74, 6) is 0.944. The van der Waals surface area contributed by atoms with Crippen LogP contribution < -0.4 is 0 Å². The van der Waals surface area contributed by atoms with Crippen molar-refractivity contribution < 1.29 is 9.47 Å². The van der Waals surface area contributed by atoms with Crippen LogP contribution in [0.3, 0.4) is 0 Å². The fourth-order valence-electron chi connectivity index (χ4n) is 3.87. The minimum atomic E-state index is -0.969. The van der Waals surface area contributed by atoms with Crippen LogP contribution in [-0.4, -0.2) is 49.6 Å². The third-order valence-electron chi connectivity index (χ3n) is 5.79. The van der Waals surface area contributed by atoms with Gasteiger partial charge in [0.1, 0.15) is 0 Å². The Morgan fingerprint density at radius 3 is 2.35 bits per heavy atom. The van der Waals surface area contributed by atoms with E-state index in [1.54, 1.807) is 14.2 Å². The van der Waals surface area contributed by atoms with Gasteiger partial charge in [0.15, 0.2) is 11.6 Å². The van der Waals surface area contributed by atoms with Gasteiger partial charge in [0.2, 0.25) is 11.6 Å². The van der Waals surface area contributed by atoms with Crippen molar-refractivity contribution in [3.05, 3.63) is 71.8 Å². The molecular weight excluding hydrogens is 430 g/mol. The minimum Gasteiger partial charge on any atom is -0.347 e. The number of methoxy groups -OCH3 is 2. The molecule has 2 aromatic heterocycles. The molecular formula is C25H29N7O2. The first-order valence-corrected chi connectivity index (χ1v) is 11.3. The van der Waals surface area contributed by atoms with E-state index in [0.717, 1.165) is 34.5 Å². The standard InChI is InChI=1S/C25H29N7O2/c1-5-7-12-22-26-24(25(6-2,33-3)34-4)29-32(22)17-18-13-15-19(16-14-18)20-10-8-9-11-21(20)23-27-30-31-28-23/h7-16H,5-6,17H2,1-4H3,(H,27,28,30,31). The van der Waals surface area contributed by atoms with Crippen LogP contribution >= 0.6 is 0 Å². The lowest BCUT2D eigenvalue weighted by Crippen LogP contribution is -2.31. The highest BCUT2D eigenvalue weighted by atomic mass is 16.7. The van der Waals surface area contributed by atoms with E-state index in [1.807, 2.05) is 35.9 Å². The molecule has 0 aliphatic rings. The van der Waals surface area contributed by atoms with Crippen molar-refractivity contribution in [1.29, 1.82) is 0 Å². The zero-order chi connectivity index (χ0) is 24.0. The molecule has 4 rings (SSSR count). The summed E-state index contributed by atoms with van der Waals surface area (Å²) < 4.78 is 13.2. The largest absolute Gasteiger partial charge is 0.347 e. The van der Waals surface area contributed by atoms with E-state index < -0.39 is 5.79 Å². The second-order valence-corrected chi connectivity index (χ2v) is 7.77. The fraction of sp³-hybridized carbons (Fsp3) is 0.320. The van der Waals surface area contributed by atoms with Crippen LogP contribution in [0.4, 0.5) is 0 Å². The van der Waals surface area contributed by atoms with Crippen LogP contribution in [0, 0.1) is 0 Å². The Balaban J connectivity index is 1.64. The van der Waals surface area contributed by atoms with Crippen molar-refractivity contribution in [2.24, 2.45) is 0 Å². The highest BCUT2D eigenvalue weighted by Crippen LogP contribution is 2.30. The smallest absolute Gasteiger partial charge is 0.231 e. The molecule has 34 heavy (non-hydrogen) atoms. The zero-order valence-corrected chi connectivity index (χ0v) is 19.9. The van der Waals surface area contributed by atoms with Gasteiger partial charge in [-0.05, 0) is 39.6 Å². The highest BCUT2D eigenvalue weighted by molar-refractivity contribution is 5.80. The van der Waals surface area contributed by atoms with Crippen molar-refractivity contribution in [3.63, 3.8) is 0 Å². The number of aromatic nitrogens is 7. The van der Waals surface area contributed by atoms with Gasteiger partial charge >= 0.3 is 0 Å². The third-order valence-corrected chi connectivity index (χ3v) is 5.79. The molecule has 0 aliphatic carbocycles. The highest BCUT2D eigenvalue weighted by Gasteiger charge is 2.35. The Morgan fingerprint density at radius 2 is 1.74 bits per heavy atom. The second kappa shape index (κ2) is 10.5. The minimum absolute atomic E-state index is 0.516. The summed E-state index contributed by atoms with van der Waals surface area (Å²) >= 11 is 0. The van der Waals surface area contributed by atoms with Gasteiger partial charge < -0.3 is 9.47 Å². The van der Waals surface area contributed by atoms with Gasteiger partial charge in [0.05, 0.1) is 6.54 Å². The normalized spacial score (nSPS) is 12.0. The van der Waals surface area contributed by atoms with Gasteiger partial charge in [-0.3, -0.25) is 0 Å². The van der Waals surface area contributed by atoms with Gasteiger partial charge in [-0.25, -0.2) is 14.8 Å². The number of H-pyrrole nitrogens is 1. The molecule has 2 aromatic carbocycles. The predicted molar refractivity (Wildman–Crippen MR) is 129 cm³/mol. The first kappa shape index (κ1) is 23.5. The van der Waals surface area contributed by atoms with Gasteiger partial charge in [0, 0.05) is 26.2 Å². The first-order valence-electron chi connectivity index (χ1n) is 11.3. The van der Waals surface area contributed by atoms with Crippen molar-refractivity contribution in [2.75, 3.05) is 14.2 Å². The molecule has 176 valence electrons. The molecule has 0 saturated carbocycles. The Labute approximate surface area is 198 Å². The number of hydrogen-bond donors (Lipinski definition) is 1. The van der Waals surface area contributed by atoms with Gasteiger partial charge in [0.25, 0.3) is 0 Å². The quantitative estimate of drug-likeness (QED) is 0.349. The maximum atomic E-state index is 5.65. The van der Waals surface area contributed by atoms with E-state index in [-0.39, 0.29) is 0 Å². The third kappa shape index (κ3) is 4.66. The number of aromatic amines is 1.